The van der Waals surface area contributed by atoms with Crippen LogP contribution in [0.1, 0.15) is 46.0 Å². The van der Waals surface area contributed by atoms with Crippen molar-refractivity contribution in [1.29, 1.82) is 0 Å². The van der Waals surface area contributed by atoms with Crippen molar-refractivity contribution < 1.29 is 13.3 Å². The third kappa shape index (κ3) is 5.10. The Hall–Kier alpha value is 0.314. The molecule has 0 saturated carbocycles. The molecule has 3 nitrogen and oxygen atoms in total. The largest absolute Gasteiger partial charge is 0.421 e. The fourth-order valence-corrected chi connectivity index (χ4v) is 8.79. The average molecular weight is 262 g/mol. The average Bonchev–Trinajstić information content (AvgIpc) is 2.31. The molecular formula is C11H26O3Si2. The molecule has 96 valence electrons. The lowest BCUT2D eigenvalue weighted by molar-refractivity contribution is 0.163. The van der Waals surface area contributed by atoms with Crippen molar-refractivity contribution in [2.75, 3.05) is 19.8 Å². The van der Waals surface area contributed by atoms with Gasteiger partial charge in [-0.05, 0) is 25.3 Å². The number of hydrogen-bond acceptors (Lipinski definition) is 3. The monoisotopic (exact) mass is 262 g/mol. The molecule has 1 saturated heterocycles. The Morgan fingerprint density at radius 3 is 2.19 bits per heavy atom. The van der Waals surface area contributed by atoms with Crippen molar-refractivity contribution >= 4 is 17.4 Å². The van der Waals surface area contributed by atoms with Gasteiger partial charge in [0.1, 0.15) is 0 Å². The third-order valence-electron chi connectivity index (χ3n) is 2.89. The molecule has 1 fully saturated rings. The van der Waals surface area contributed by atoms with Gasteiger partial charge in [0.05, 0.1) is 0 Å². The highest BCUT2D eigenvalue weighted by Gasteiger charge is 2.40. The molecular weight excluding hydrogens is 236 g/mol. The molecule has 1 aliphatic rings. The van der Waals surface area contributed by atoms with Gasteiger partial charge in [-0.15, -0.1) is 0 Å². The summed E-state index contributed by atoms with van der Waals surface area (Å²) >= 11 is 0. The Balaban J connectivity index is 2.33. The topological polar surface area (TPSA) is 27.7 Å². The lowest BCUT2D eigenvalue weighted by Gasteiger charge is -2.33. The van der Waals surface area contributed by atoms with E-state index in [2.05, 4.69) is 13.8 Å². The Labute approximate surface area is 103 Å². The predicted octanol–water partition coefficient (Wildman–Crippen LogP) is 2.06. The first-order chi connectivity index (χ1) is 7.83. The summed E-state index contributed by atoms with van der Waals surface area (Å²) in [6, 6.07) is 1.17. The second-order valence-corrected chi connectivity index (χ2v) is 12.2. The van der Waals surface area contributed by atoms with E-state index in [9.17, 15) is 0 Å². The van der Waals surface area contributed by atoms with E-state index >= 15 is 0 Å². The fourth-order valence-electron chi connectivity index (χ4n) is 1.82. The van der Waals surface area contributed by atoms with Crippen molar-refractivity contribution in [2.24, 2.45) is 0 Å². The van der Waals surface area contributed by atoms with Crippen LogP contribution in [0.2, 0.25) is 6.04 Å². The van der Waals surface area contributed by atoms with E-state index in [1.54, 1.807) is 0 Å². The van der Waals surface area contributed by atoms with Crippen molar-refractivity contribution in [3.8, 4) is 0 Å². The summed E-state index contributed by atoms with van der Waals surface area (Å²) in [7, 11) is -2.39. The van der Waals surface area contributed by atoms with Crippen molar-refractivity contribution in [2.45, 2.75) is 52.0 Å². The maximum atomic E-state index is 6.11. The molecule has 0 aromatic carbocycles. The lowest BCUT2D eigenvalue weighted by Crippen LogP contribution is -2.53. The SMILES string of the molecule is CCCCO[Si]1(OCCCC)CCCO[SiH2]1. The highest BCUT2D eigenvalue weighted by Crippen LogP contribution is 2.20. The molecule has 0 aromatic heterocycles. The molecule has 5 heteroatoms. The minimum atomic E-state index is -1.84. The van der Waals surface area contributed by atoms with Crippen LogP contribution in [-0.4, -0.2) is 37.2 Å². The number of unbranched alkanes of at least 4 members (excludes halogenated alkanes) is 2. The summed E-state index contributed by atoms with van der Waals surface area (Å²) in [5.41, 5.74) is 0. The molecule has 1 heterocycles. The summed E-state index contributed by atoms with van der Waals surface area (Å²) in [5.74, 6) is 0. The summed E-state index contributed by atoms with van der Waals surface area (Å²) in [6.07, 6.45) is 5.84. The van der Waals surface area contributed by atoms with Crippen LogP contribution in [0.15, 0.2) is 0 Å². The Morgan fingerprint density at radius 1 is 1.12 bits per heavy atom. The van der Waals surface area contributed by atoms with E-state index in [4.69, 9.17) is 13.3 Å². The fraction of sp³-hybridized carbons (Fsp3) is 1.00. The van der Waals surface area contributed by atoms with Gasteiger partial charge in [0, 0.05) is 19.8 Å². The minimum Gasteiger partial charge on any atom is -0.421 e. The summed E-state index contributed by atoms with van der Waals surface area (Å²) in [4.78, 5) is 0. The maximum Gasteiger partial charge on any atom is 0.341 e. The molecule has 0 unspecified atom stereocenters. The van der Waals surface area contributed by atoms with Crippen LogP contribution in [-0.2, 0) is 13.3 Å². The molecule has 0 bridgehead atoms. The molecule has 0 amide bonds. The molecule has 16 heavy (non-hydrogen) atoms. The van der Waals surface area contributed by atoms with Crippen LogP contribution >= 0.6 is 0 Å². The van der Waals surface area contributed by atoms with Gasteiger partial charge in [-0.1, -0.05) is 26.7 Å². The zero-order valence-electron chi connectivity index (χ0n) is 10.8. The first-order valence-corrected chi connectivity index (χ1v) is 11.6. The number of rotatable bonds is 8. The van der Waals surface area contributed by atoms with Crippen LogP contribution < -0.4 is 0 Å². The van der Waals surface area contributed by atoms with E-state index in [1.165, 1.54) is 18.9 Å². The zero-order valence-corrected chi connectivity index (χ0v) is 13.2. The summed E-state index contributed by atoms with van der Waals surface area (Å²) < 4.78 is 17.9. The van der Waals surface area contributed by atoms with Gasteiger partial charge in [-0.2, -0.15) is 0 Å². The van der Waals surface area contributed by atoms with Crippen molar-refractivity contribution in [1.82, 2.24) is 0 Å². The molecule has 1 aliphatic heterocycles. The second kappa shape index (κ2) is 8.41. The maximum absolute atomic E-state index is 6.11. The van der Waals surface area contributed by atoms with E-state index < -0.39 is 17.4 Å². The van der Waals surface area contributed by atoms with E-state index in [1.807, 2.05) is 0 Å². The van der Waals surface area contributed by atoms with Crippen LogP contribution in [0.5, 0.6) is 0 Å². The Bertz CT molecular complexity index is 161. The highest BCUT2D eigenvalue weighted by molar-refractivity contribution is 7.15. The standard InChI is InChI=1S/C11H26O3Si2/c1-3-5-9-13-16(14-10-6-4-2)11-7-8-12-15-16/h3-11,15H2,1-2H3. The molecule has 1 rings (SSSR count). The molecule has 0 spiro atoms. The molecule has 0 atom stereocenters. The van der Waals surface area contributed by atoms with E-state index in [0.29, 0.717) is 0 Å². The van der Waals surface area contributed by atoms with Crippen LogP contribution in [0, 0.1) is 0 Å². The zero-order chi connectivity index (χ0) is 11.7. The van der Waals surface area contributed by atoms with Crippen molar-refractivity contribution in [3.63, 3.8) is 0 Å². The molecule has 0 radical (unpaired) electrons. The molecule has 0 aliphatic carbocycles. The van der Waals surface area contributed by atoms with Gasteiger partial charge in [0.2, 0.25) is 9.28 Å². The summed E-state index contributed by atoms with van der Waals surface area (Å²) in [6.45, 7) is 7.10. The van der Waals surface area contributed by atoms with Crippen LogP contribution in [0.4, 0.5) is 0 Å². The normalized spacial score (nSPS) is 21.4. The Morgan fingerprint density at radius 2 is 1.75 bits per heavy atom. The predicted molar refractivity (Wildman–Crippen MR) is 71.4 cm³/mol. The minimum absolute atomic E-state index is 0.546. The van der Waals surface area contributed by atoms with Gasteiger partial charge in [0.15, 0.2) is 0 Å². The van der Waals surface area contributed by atoms with Gasteiger partial charge >= 0.3 is 8.08 Å². The number of hydrogen-bond donors (Lipinski definition) is 0. The van der Waals surface area contributed by atoms with Crippen LogP contribution in [0.3, 0.4) is 0 Å². The van der Waals surface area contributed by atoms with E-state index in [-0.39, 0.29) is 0 Å². The molecule has 0 aromatic rings. The smallest absolute Gasteiger partial charge is 0.341 e. The van der Waals surface area contributed by atoms with Gasteiger partial charge in [-0.25, -0.2) is 0 Å². The first kappa shape index (κ1) is 14.4. The van der Waals surface area contributed by atoms with Gasteiger partial charge in [0.25, 0.3) is 0 Å². The lowest BCUT2D eigenvalue weighted by atomic mass is 10.4. The third-order valence-corrected chi connectivity index (χ3v) is 10.6. The second-order valence-electron chi connectivity index (χ2n) is 4.47. The van der Waals surface area contributed by atoms with Crippen molar-refractivity contribution in [3.05, 3.63) is 0 Å². The van der Waals surface area contributed by atoms with Gasteiger partial charge in [-0.3, -0.25) is 0 Å². The van der Waals surface area contributed by atoms with Gasteiger partial charge < -0.3 is 13.3 Å². The highest BCUT2D eigenvalue weighted by atomic mass is 29.2. The summed E-state index contributed by atoms with van der Waals surface area (Å²) in [5, 5.41) is 0. The quantitative estimate of drug-likeness (QED) is 0.495. The first-order valence-electron chi connectivity index (χ1n) is 6.68. The van der Waals surface area contributed by atoms with E-state index in [0.717, 1.165) is 39.1 Å². The molecule has 0 N–H and O–H groups in total. The van der Waals surface area contributed by atoms with Crippen LogP contribution in [0.25, 0.3) is 0 Å². The Kier molecular flexibility index (Phi) is 7.56.